The molecule has 5 heteroatoms. The van der Waals surface area contributed by atoms with Gasteiger partial charge in [0.15, 0.2) is 0 Å². The van der Waals surface area contributed by atoms with E-state index in [0.717, 1.165) is 11.3 Å². The molecule has 0 radical (unpaired) electrons. The Morgan fingerprint density at radius 3 is 2.11 bits per heavy atom. The van der Waals surface area contributed by atoms with Gasteiger partial charge in [0.2, 0.25) is 0 Å². The Hall–Kier alpha value is -2.82. The quantitative estimate of drug-likeness (QED) is 0.755. The number of hydrogen-bond donors (Lipinski definition) is 1. The molecule has 1 aromatic carbocycles. The van der Waals surface area contributed by atoms with Crippen molar-refractivity contribution in [1.29, 1.82) is 0 Å². The van der Waals surface area contributed by atoms with Gasteiger partial charge in [-0.05, 0) is 18.2 Å². The third-order valence-electron chi connectivity index (χ3n) is 2.74. The summed E-state index contributed by atoms with van der Waals surface area (Å²) in [6.45, 7) is 0. The fourth-order valence-corrected chi connectivity index (χ4v) is 1.91. The van der Waals surface area contributed by atoms with Crippen LogP contribution in [0.5, 0.6) is 5.75 Å². The van der Waals surface area contributed by atoms with Crippen LogP contribution in [0, 0.1) is 0 Å². The first-order valence-corrected chi connectivity index (χ1v) is 5.71. The number of aromatic hydroxyl groups is 1. The van der Waals surface area contributed by atoms with Crippen LogP contribution in [0.25, 0.3) is 22.5 Å². The van der Waals surface area contributed by atoms with Gasteiger partial charge in [0.25, 0.3) is 0 Å². The molecule has 2 aromatic heterocycles. The average Bonchev–Trinajstić information content (AvgIpc) is 2.49. The second-order valence-corrected chi connectivity index (χ2v) is 3.89. The predicted octanol–water partition coefficient (Wildman–Crippen LogP) is 2.31. The summed E-state index contributed by atoms with van der Waals surface area (Å²) in [4.78, 5) is 16.2. The van der Waals surface area contributed by atoms with Crippen LogP contribution in [0.3, 0.4) is 0 Å². The van der Waals surface area contributed by atoms with Gasteiger partial charge in [-0.1, -0.05) is 12.1 Å². The van der Waals surface area contributed by atoms with Gasteiger partial charge < -0.3 is 5.11 Å². The molecule has 92 valence electrons. The Kier molecular flexibility index (Phi) is 2.86. The molecule has 19 heavy (non-hydrogen) atoms. The van der Waals surface area contributed by atoms with Crippen LogP contribution in [0.15, 0.2) is 55.4 Å². The van der Waals surface area contributed by atoms with Crippen LogP contribution < -0.4 is 0 Å². The zero-order valence-electron chi connectivity index (χ0n) is 9.93. The molecule has 3 rings (SSSR count). The van der Waals surface area contributed by atoms with Crippen molar-refractivity contribution in [3.8, 4) is 28.3 Å². The van der Waals surface area contributed by atoms with E-state index in [4.69, 9.17) is 0 Å². The minimum absolute atomic E-state index is 0.162. The Bertz CT molecular complexity index is 686. The molecule has 0 spiro atoms. The molecule has 0 unspecified atom stereocenters. The normalized spacial score (nSPS) is 10.3. The number of phenolic OH excluding ortho intramolecular Hbond substituents is 1. The van der Waals surface area contributed by atoms with Gasteiger partial charge in [-0.25, -0.2) is 19.9 Å². The van der Waals surface area contributed by atoms with Crippen molar-refractivity contribution in [2.45, 2.75) is 0 Å². The van der Waals surface area contributed by atoms with E-state index >= 15 is 0 Å². The number of rotatable bonds is 2. The molecule has 0 saturated carbocycles. The second-order valence-electron chi connectivity index (χ2n) is 3.89. The van der Waals surface area contributed by atoms with Gasteiger partial charge in [0.05, 0.1) is 17.0 Å². The topological polar surface area (TPSA) is 71.8 Å². The lowest BCUT2D eigenvalue weighted by atomic mass is 10.0. The Morgan fingerprint density at radius 1 is 0.789 bits per heavy atom. The van der Waals surface area contributed by atoms with E-state index in [-0.39, 0.29) is 5.75 Å². The van der Waals surface area contributed by atoms with Crippen molar-refractivity contribution < 1.29 is 5.11 Å². The summed E-state index contributed by atoms with van der Waals surface area (Å²) in [5.41, 5.74) is 2.84. The summed E-state index contributed by atoms with van der Waals surface area (Å²) in [6, 6.07) is 8.83. The van der Waals surface area contributed by atoms with E-state index in [1.807, 2.05) is 6.07 Å². The fourth-order valence-electron chi connectivity index (χ4n) is 1.91. The van der Waals surface area contributed by atoms with Crippen molar-refractivity contribution >= 4 is 0 Å². The molecule has 0 aliphatic carbocycles. The number of benzene rings is 1. The molecule has 0 saturated heterocycles. The zero-order chi connectivity index (χ0) is 13.1. The van der Waals surface area contributed by atoms with Crippen molar-refractivity contribution in [3.63, 3.8) is 0 Å². The van der Waals surface area contributed by atoms with Gasteiger partial charge >= 0.3 is 0 Å². The highest BCUT2D eigenvalue weighted by atomic mass is 16.3. The van der Waals surface area contributed by atoms with E-state index in [1.165, 1.54) is 12.7 Å². The molecule has 0 atom stereocenters. The molecule has 0 bridgehead atoms. The van der Waals surface area contributed by atoms with Crippen LogP contribution in [0.2, 0.25) is 0 Å². The van der Waals surface area contributed by atoms with E-state index in [1.54, 1.807) is 36.7 Å². The smallest absolute Gasteiger partial charge is 0.125 e. The lowest BCUT2D eigenvalue weighted by molar-refractivity contribution is 0.477. The maximum absolute atomic E-state index is 10.1. The average molecular weight is 250 g/mol. The van der Waals surface area contributed by atoms with Crippen molar-refractivity contribution in [2.75, 3.05) is 0 Å². The molecular formula is C14H10N4O. The first kappa shape index (κ1) is 11.3. The van der Waals surface area contributed by atoms with E-state index in [0.29, 0.717) is 11.3 Å². The summed E-state index contributed by atoms with van der Waals surface area (Å²) in [5, 5.41) is 10.1. The van der Waals surface area contributed by atoms with Gasteiger partial charge in [0, 0.05) is 18.0 Å². The maximum atomic E-state index is 10.1. The van der Waals surface area contributed by atoms with Gasteiger partial charge in [0.1, 0.15) is 18.4 Å². The van der Waals surface area contributed by atoms with E-state index in [9.17, 15) is 5.11 Å². The maximum Gasteiger partial charge on any atom is 0.125 e. The van der Waals surface area contributed by atoms with Gasteiger partial charge in [-0.15, -0.1) is 0 Å². The number of nitrogens with zero attached hydrogens (tertiary/aromatic N) is 4. The zero-order valence-corrected chi connectivity index (χ0v) is 9.93. The summed E-state index contributed by atoms with van der Waals surface area (Å²) in [5.74, 6) is 0.162. The molecule has 1 N–H and O–H groups in total. The third-order valence-corrected chi connectivity index (χ3v) is 2.74. The summed E-state index contributed by atoms with van der Waals surface area (Å²) in [7, 11) is 0. The van der Waals surface area contributed by atoms with Gasteiger partial charge in [-0.3, -0.25) is 0 Å². The molecule has 0 aliphatic heterocycles. The van der Waals surface area contributed by atoms with Crippen LogP contribution in [0.1, 0.15) is 0 Å². The molecule has 3 aromatic rings. The Morgan fingerprint density at radius 2 is 1.47 bits per heavy atom. The molecule has 0 fully saturated rings. The van der Waals surface area contributed by atoms with Gasteiger partial charge in [-0.2, -0.15) is 0 Å². The van der Waals surface area contributed by atoms with Crippen molar-refractivity contribution in [2.24, 2.45) is 0 Å². The highest BCUT2D eigenvalue weighted by molar-refractivity contribution is 5.84. The monoisotopic (exact) mass is 250 g/mol. The van der Waals surface area contributed by atoms with Crippen molar-refractivity contribution in [3.05, 3.63) is 55.4 Å². The van der Waals surface area contributed by atoms with Crippen LogP contribution in [-0.2, 0) is 0 Å². The lowest BCUT2D eigenvalue weighted by Gasteiger charge is -2.10. The third kappa shape index (κ3) is 2.13. The molecule has 0 amide bonds. The van der Waals surface area contributed by atoms with Crippen LogP contribution in [0.4, 0.5) is 0 Å². The Balaban J connectivity index is 2.25. The van der Waals surface area contributed by atoms with E-state index in [2.05, 4.69) is 19.9 Å². The first-order valence-electron chi connectivity index (χ1n) is 5.71. The van der Waals surface area contributed by atoms with Crippen LogP contribution >= 0.6 is 0 Å². The van der Waals surface area contributed by atoms with Crippen molar-refractivity contribution in [1.82, 2.24) is 19.9 Å². The predicted molar refractivity (Wildman–Crippen MR) is 70.2 cm³/mol. The van der Waals surface area contributed by atoms with Crippen LogP contribution in [-0.4, -0.2) is 25.0 Å². The minimum Gasteiger partial charge on any atom is -0.507 e. The summed E-state index contributed by atoms with van der Waals surface area (Å²) >= 11 is 0. The summed E-state index contributed by atoms with van der Waals surface area (Å²) in [6.07, 6.45) is 6.23. The lowest BCUT2D eigenvalue weighted by Crippen LogP contribution is -1.91. The first-order chi connectivity index (χ1) is 9.36. The largest absolute Gasteiger partial charge is 0.507 e. The number of aromatic nitrogens is 4. The highest BCUT2D eigenvalue weighted by Crippen LogP contribution is 2.36. The molecule has 2 heterocycles. The highest BCUT2D eigenvalue weighted by Gasteiger charge is 2.13. The molecule has 0 aliphatic rings. The second kappa shape index (κ2) is 4.81. The SMILES string of the molecule is Oc1cccc(-c2ccncn2)c1-c1ccncn1. The fraction of sp³-hybridized carbons (Fsp3) is 0. The Labute approximate surface area is 109 Å². The number of hydrogen-bond acceptors (Lipinski definition) is 5. The standard InChI is InChI=1S/C14H10N4O/c19-13-3-1-2-10(11-4-6-15-8-17-11)14(13)12-5-7-16-9-18-12/h1-9,19H. The minimum atomic E-state index is 0.162. The number of phenols is 1. The summed E-state index contributed by atoms with van der Waals surface area (Å²) < 4.78 is 0. The molecular weight excluding hydrogens is 240 g/mol. The molecule has 5 nitrogen and oxygen atoms in total. The van der Waals surface area contributed by atoms with E-state index < -0.39 is 0 Å².